The van der Waals surface area contributed by atoms with E-state index in [-0.39, 0.29) is 11.8 Å². The topological polar surface area (TPSA) is 98.3 Å². The van der Waals surface area contributed by atoms with E-state index < -0.39 is 16.9 Å². The van der Waals surface area contributed by atoms with Gasteiger partial charge in [0, 0.05) is 22.9 Å². The van der Waals surface area contributed by atoms with Gasteiger partial charge in [-0.3, -0.25) is 14.9 Å². The molecule has 110 valence electrons. The monoisotopic (exact) mass is 289 g/mol. The first-order valence-corrected chi connectivity index (χ1v) is 6.80. The van der Waals surface area contributed by atoms with Crippen molar-refractivity contribution in [3.05, 3.63) is 34.2 Å². The number of nitrogens with zero attached hydrogens (tertiary/aromatic N) is 2. The highest BCUT2D eigenvalue weighted by Crippen LogP contribution is 2.34. The molecule has 1 amide bonds. The Morgan fingerprint density at radius 2 is 2.29 bits per heavy atom. The summed E-state index contributed by atoms with van der Waals surface area (Å²) in [5.74, 6) is -0.0188. The number of hydrogen-bond donors (Lipinski definition) is 1. The molecule has 0 radical (unpaired) electrons. The van der Waals surface area contributed by atoms with Gasteiger partial charge < -0.3 is 9.73 Å². The zero-order valence-corrected chi connectivity index (χ0v) is 11.7. The van der Waals surface area contributed by atoms with Crippen LogP contribution in [0.1, 0.15) is 32.1 Å². The molecule has 1 saturated carbocycles. The molecule has 21 heavy (non-hydrogen) atoms. The molecule has 0 spiro atoms. The van der Waals surface area contributed by atoms with Gasteiger partial charge in [-0.05, 0) is 18.2 Å². The number of carbonyl (C=O) groups is 1. The summed E-state index contributed by atoms with van der Waals surface area (Å²) in [6.07, 6.45) is 0.308. The lowest BCUT2D eigenvalue weighted by Crippen LogP contribution is -2.18. The summed E-state index contributed by atoms with van der Waals surface area (Å²) in [5, 5.41) is 13.3. The molecular weight excluding hydrogens is 274 g/mol. The van der Waals surface area contributed by atoms with Crippen molar-refractivity contribution in [2.75, 3.05) is 5.32 Å². The van der Waals surface area contributed by atoms with Crippen LogP contribution in [0.4, 0.5) is 5.69 Å². The van der Waals surface area contributed by atoms with Crippen LogP contribution < -0.4 is 5.32 Å². The van der Waals surface area contributed by atoms with E-state index in [0.29, 0.717) is 29.1 Å². The minimum Gasteiger partial charge on any atom is -0.440 e. The molecule has 3 rings (SSSR count). The Bertz CT molecular complexity index is 722. The Morgan fingerprint density at radius 3 is 2.90 bits per heavy atom. The number of benzene rings is 1. The molecule has 1 fully saturated rings. The second-order valence-corrected chi connectivity index (χ2v) is 5.57. The first kappa shape index (κ1) is 13.5. The zero-order valence-electron chi connectivity index (χ0n) is 11.7. The minimum absolute atomic E-state index is 0.183. The van der Waals surface area contributed by atoms with Crippen molar-refractivity contribution in [1.82, 2.24) is 4.98 Å². The number of oxazole rings is 1. The molecular formula is C14H15N3O4. The average molecular weight is 289 g/mol. The van der Waals surface area contributed by atoms with E-state index in [0.717, 1.165) is 0 Å². The van der Waals surface area contributed by atoms with Crippen molar-refractivity contribution in [3.63, 3.8) is 0 Å². The van der Waals surface area contributed by atoms with Crippen molar-refractivity contribution in [1.29, 1.82) is 0 Å². The number of aromatic nitrogens is 1. The summed E-state index contributed by atoms with van der Waals surface area (Å²) < 4.78 is 5.58. The molecule has 2 atom stereocenters. The largest absolute Gasteiger partial charge is 0.440 e. The molecule has 7 nitrogen and oxygen atoms in total. The highest BCUT2D eigenvalue weighted by molar-refractivity contribution is 5.96. The molecule has 0 saturated heterocycles. The number of carbonyl (C=O) groups excluding carboxylic acids is 1. The number of nitro groups is 1. The van der Waals surface area contributed by atoms with Gasteiger partial charge in [-0.1, -0.05) is 13.8 Å². The van der Waals surface area contributed by atoms with Gasteiger partial charge in [0.25, 0.3) is 0 Å². The minimum atomic E-state index is -0.742. The Labute approximate surface area is 120 Å². The number of rotatable bonds is 4. The predicted molar refractivity (Wildman–Crippen MR) is 75.6 cm³/mol. The highest BCUT2D eigenvalue weighted by Gasteiger charge is 2.53. The third-order valence-corrected chi connectivity index (χ3v) is 3.53. The number of hydrogen-bond acceptors (Lipinski definition) is 5. The number of amides is 1. The smallest absolute Gasteiger partial charge is 0.234 e. The Kier molecular flexibility index (Phi) is 3.12. The fraction of sp³-hybridized carbons (Fsp3) is 0.429. The lowest BCUT2D eigenvalue weighted by Gasteiger charge is -2.02. The first-order chi connectivity index (χ1) is 9.95. The molecule has 1 aliphatic carbocycles. The Hall–Kier alpha value is -2.44. The van der Waals surface area contributed by atoms with Crippen LogP contribution in [0.15, 0.2) is 22.6 Å². The third kappa shape index (κ3) is 2.58. The number of fused-ring (bicyclic) bond motifs is 1. The fourth-order valence-electron chi connectivity index (χ4n) is 2.20. The standard InChI is InChI=1S/C14H15N3O4/c1-7(2)14-16-10-5-8(3-4-12(10)21-14)15-13(18)9-6-11(9)17(19)20/h3-5,7,9,11H,6H2,1-2H3,(H,15,18)/t9-,11-/m0/s1. The molecule has 1 aromatic carbocycles. The van der Waals surface area contributed by atoms with E-state index in [1.54, 1.807) is 18.2 Å². The van der Waals surface area contributed by atoms with Crippen LogP contribution in [0.5, 0.6) is 0 Å². The van der Waals surface area contributed by atoms with E-state index in [9.17, 15) is 14.9 Å². The van der Waals surface area contributed by atoms with Gasteiger partial charge in [-0.25, -0.2) is 4.98 Å². The van der Waals surface area contributed by atoms with Crippen LogP contribution in [0.25, 0.3) is 11.1 Å². The molecule has 0 bridgehead atoms. The molecule has 1 aliphatic rings. The fourth-order valence-corrected chi connectivity index (χ4v) is 2.20. The molecule has 2 aromatic rings. The Balaban J connectivity index is 1.75. The van der Waals surface area contributed by atoms with Gasteiger partial charge >= 0.3 is 0 Å². The quantitative estimate of drug-likeness (QED) is 0.689. The third-order valence-electron chi connectivity index (χ3n) is 3.53. The second kappa shape index (κ2) is 4.83. The van der Waals surface area contributed by atoms with Gasteiger partial charge in [-0.15, -0.1) is 0 Å². The van der Waals surface area contributed by atoms with E-state index in [1.807, 2.05) is 13.8 Å². The van der Waals surface area contributed by atoms with Crippen molar-refractivity contribution in [2.45, 2.75) is 32.2 Å². The maximum absolute atomic E-state index is 11.9. The van der Waals surface area contributed by atoms with Crippen molar-refractivity contribution < 1.29 is 14.1 Å². The van der Waals surface area contributed by atoms with Crippen molar-refractivity contribution >= 4 is 22.7 Å². The summed E-state index contributed by atoms with van der Waals surface area (Å²) in [6.45, 7) is 3.97. The first-order valence-electron chi connectivity index (χ1n) is 6.80. The van der Waals surface area contributed by atoms with Gasteiger partial charge in [0.05, 0.1) is 0 Å². The van der Waals surface area contributed by atoms with Gasteiger partial charge in [-0.2, -0.15) is 0 Å². The second-order valence-electron chi connectivity index (χ2n) is 5.57. The molecule has 1 heterocycles. The van der Waals surface area contributed by atoms with E-state index in [4.69, 9.17) is 4.42 Å². The van der Waals surface area contributed by atoms with Crippen LogP contribution in [-0.2, 0) is 4.79 Å². The molecule has 7 heteroatoms. The molecule has 0 unspecified atom stereocenters. The van der Waals surface area contributed by atoms with Gasteiger partial charge in [0.1, 0.15) is 11.4 Å². The maximum Gasteiger partial charge on any atom is 0.234 e. The summed E-state index contributed by atoms with van der Waals surface area (Å²) in [4.78, 5) is 26.4. The number of nitrogens with one attached hydrogen (secondary N) is 1. The van der Waals surface area contributed by atoms with Crippen LogP contribution in [0, 0.1) is 16.0 Å². The summed E-state index contributed by atoms with van der Waals surface area (Å²) >= 11 is 0. The summed E-state index contributed by atoms with van der Waals surface area (Å²) in [7, 11) is 0. The predicted octanol–water partition coefficient (Wildman–Crippen LogP) is 2.55. The van der Waals surface area contributed by atoms with Crippen LogP contribution in [-0.4, -0.2) is 21.9 Å². The molecule has 1 aromatic heterocycles. The molecule has 0 aliphatic heterocycles. The average Bonchev–Trinajstić information content (AvgIpc) is 3.12. The Morgan fingerprint density at radius 1 is 1.52 bits per heavy atom. The van der Waals surface area contributed by atoms with E-state index in [1.165, 1.54) is 0 Å². The SMILES string of the molecule is CC(C)c1nc2cc(NC(=O)[C@H]3C[C@@H]3[N+](=O)[O-])ccc2o1. The van der Waals surface area contributed by atoms with Crippen LogP contribution >= 0.6 is 0 Å². The lowest BCUT2D eigenvalue weighted by atomic mass is 10.2. The van der Waals surface area contributed by atoms with Gasteiger partial charge in [0.15, 0.2) is 11.5 Å². The van der Waals surface area contributed by atoms with E-state index >= 15 is 0 Å². The maximum atomic E-state index is 11.9. The van der Waals surface area contributed by atoms with Crippen LogP contribution in [0.3, 0.4) is 0 Å². The highest BCUT2D eigenvalue weighted by atomic mass is 16.6. The van der Waals surface area contributed by atoms with Crippen molar-refractivity contribution in [2.24, 2.45) is 5.92 Å². The van der Waals surface area contributed by atoms with Crippen molar-refractivity contribution in [3.8, 4) is 0 Å². The van der Waals surface area contributed by atoms with Gasteiger partial charge in [0.2, 0.25) is 11.9 Å². The summed E-state index contributed by atoms with van der Waals surface area (Å²) in [5.41, 5.74) is 1.90. The lowest BCUT2D eigenvalue weighted by molar-refractivity contribution is -0.497. The zero-order chi connectivity index (χ0) is 15.1. The van der Waals surface area contributed by atoms with E-state index in [2.05, 4.69) is 10.3 Å². The normalized spacial score (nSPS) is 20.7. The summed E-state index contributed by atoms with van der Waals surface area (Å²) in [6, 6.07) is 4.42. The van der Waals surface area contributed by atoms with Crippen LogP contribution in [0.2, 0.25) is 0 Å². The number of anilines is 1. The molecule has 1 N–H and O–H groups in total.